The second-order valence-corrected chi connectivity index (χ2v) is 3.35. The topological polar surface area (TPSA) is 21.3 Å². The Bertz CT molecular complexity index is 306. The minimum atomic E-state index is -0.331. The number of rotatable bonds is 4. The van der Waals surface area contributed by atoms with Crippen LogP contribution in [0.15, 0.2) is 18.2 Å². The Morgan fingerprint density at radius 3 is 2.86 bits per heavy atom. The largest absolute Gasteiger partial charge is 0.302 e. The second-order valence-electron chi connectivity index (χ2n) is 2.94. The molecule has 0 radical (unpaired) electrons. The van der Waals surface area contributed by atoms with E-state index in [2.05, 4.69) is 5.48 Å². The molecule has 0 amide bonds. The van der Waals surface area contributed by atoms with E-state index >= 15 is 0 Å². The van der Waals surface area contributed by atoms with Crippen molar-refractivity contribution in [1.29, 1.82) is 0 Å². The minimum Gasteiger partial charge on any atom is -0.302 e. The van der Waals surface area contributed by atoms with Crippen molar-refractivity contribution in [1.82, 2.24) is 5.48 Å². The fourth-order valence-corrected chi connectivity index (χ4v) is 1.46. The van der Waals surface area contributed by atoms with Crippen molar-refractivity contribution in [3.63, 3.8) is 0 Å². The smallest absolute Gasteiger partial charge is 0.124 e. The Morgan fingerprint density at radius 2 is 2.29 bits per heavy atom. The van der Waals surface area contributed by atoms with Crippen molar-refractivity contribution in [3.8, 4) is 0 Å². The average Bonchev–Trinajstić information content (AvgIpc) is 2.14. The normalized spacial score (nSPS) is 12.9. The van der Waals surface area contributed by atoms with Crippen molar-refractivity contribution in [2.45, 2.75) is 19.9 Å². The highest BCUT2D eigenvalue weighted by molar-refractivity contribution is 6.31. The van der Waals surface area contributed by atoms with E-state index in [0.717, 1.165) is 5.56 Å². The van der Waals surface area contributed by atoms with Crippen molar-refractivity contribution in [2.75, 3.05) is 6.61 Å². The molecule has 0 aliphatic carbocycles. The molecule has 2 nitrogen and oxygen atoms in total. The zero-order valence-corrected chi connectivity index (χ0v) is 8.94. The predicted molar refractivity (Wildman–Crippen MR) is 54.6 cm³/mol. The van der Waals surface area contributed by atoms with Gasteiger partial charge in [-0.1, -0.05) is 17.7 Å². The van der Waals surface area contributed by atoms with E-state index in [1.165, 1.54) is 12.1 Å². The first kappa shape index (κ1) is 11.4. The van der Waals surface area contributed by atoms with Crippen LogP contribution in [0.25, 0.3) is 0 Å². The lowest BCUT2D eigenvalue weighted by molar-refractivity contribution is 0.0285. The molecule has 0 saturated carbocycles. The van der Waals surface area contributed by atoms with Gasteiger partial charge < -0.3 is 4.84 Å². The molecule has 0 saturated heterocycles. The fourth-order valence-electron chi connectivity index (χ4n) is 1.12. The molecule has 1 aromatic rings. The van der Waals surface area contributed by atoms with Gasteiger partial charge in [0.05, 0.1) is 12.6 Å². The lowest BCUT2D eigenvalue weighted by Crippen LogP contribution is -2.19. The van der Waals surface area contributed by atoms with Gasteiger partial charge in [-0.05, 0) is 31.5 Å². The van der Waals surface area contributed by atoms with Crippen LogP contribution in [0, 0.1) is 5.82 Å². The van der Waals surface area contributed by atoms with Crippen LogP contribution in [0.2, 0.25) is 5.02 Å². The molecule has 4 heteroatoms. The number of hydroxylamine groups is 1. The molecule has 0 aromatic heterocycles. The molecule has 0 fully saturated rings. The highest BCUT2D eigenvalue weighted by atomic mass is 35.5. The predicted octanol–water partition coefficient (Wildman–Crippen LogP) is 3.08. The van der Waals surface area contributed by atoms with Crippen LogP contribution < -0.4 is 5.48 Å². The molecule has 78 valence electrons. The highest BCUT2D eigenvalue weighted by Gasteiger charge is 2.09. The summed E-state index contributed by atoms with van der Waals surface area (Å²) in [6.45, 7) is 4.35. The maximum absolute atomic E-state index is 12.7. The Morgan fingerprint density at radius 1 is 1.57 bits per heavy atom. The van der Waals surface area contributed by atoms with Gasteiger partial charge in [-0.25, -0.2) is 4.39 Å². The summed E-state index contributed by atoms with van der Waals surface area (Å²) in [5, 5.41) is 0.407. The SMILES string of the molecule is CCONC(C)c1ccc(F)cc1Cl. The van der Waals surface area contributed by atoms with Crippen molar-refractivity contribution in [3.05, 3.63) is 34.6 Å². The molecule has 1 unspecified atom stereocenters. The molecule has 1 aromatic carbocycles. The van der Waals surface area contributed by atoms with Gasteiger partial charge in [0.15, 0.2) is 0 Å². The lowest BCUT2D eigenvalue weighted by Gasteiger charge is -2.14. The molecule has 0 aliphatic heterocycles. The quantitative estimate of drug-likeness (QED) is 0.783. The summed E-state index contributed by atoms with van der Waals surface area (Å²) in [5.74, 6) is -0.331. The van der Waals surface area contributed by atoms with E-state index in [9.17, 15) is 4.39 Å². The number of halogens is 2. The third-order valence-corrected chi connectivity index (χ3v) is 2.16. The van der Waals surface area contributed by atoms with Gasteiger partial charge in [-0.2, -0.15) is 5.48 Å². The molecule has 0 bridgehead atoms. The molecular formula is C10H13ClFNO. The summed E-state index contributed by atoms with van der Waals surface area (Å²) >= 11 is 5.87. The first-order chi connectivity index (χ1) is 6.65. The molecule has 0 heterocycles. The van der Waals surface area contributed by atoms with Gasteiger partial charge >= 0.3 is 0 Å². The Labute approximate surface area is 88.0 Å². The zero-order chi connectivity index (χ0) is 10.6. The summed E-state index contributed by atoms with van der Waals surface area (Å²) in [6.07, 6.45) is 0. The van der Waals surface area contributed by atoms with E-state index in [-0.39, 0.29) is 11.9 Å². The van der Waals surface area contributed by atoms with Crippen LogP contribution >= 0.6 is 11.6 Å². The minimum absolute atomic E-state index is 0.0527. The standard InChI is InChI=1S/C10H13ClFNO/c1-3-14-13-7(2)9-5-4-8(12)6-10(9)11/h4-7,13H,3H2,1-2H3. The van der Waals surface area contributed by atoms with Crippen LogP contribution in [0.4, 0.5) is 4.39 Å². The Kier molecular flexibility index (Phi) is 4.32. The van der Waals surface area contributed by atoms with Crippen molar-refractivity contribution < 1.29 is 9.23 Å². The Hall–Kier alpha value is -0.640. The summed E-state index contributed by atoms with van der Waals surface area (Å²) in [7, 11) is 0. The van der Waals surface area contributed by atoms with E-state index in [0.29, 0.717) is 11.6 Å². The van der Waals surface area contributed by atoms with Gasteiger partial charge in [-0.3, -0.25) is 0 Å². The lowest BCUT2D eigenvalue weighted by atomic mass is 10.1. The van der Waals surface area contributed by atoms with E-state index in [4.69, 9.17) is 16.4 Å². The summed E-state index contributed by atoms with van der Waals surface area (Å²) in [6, 6.07) is 4.27. The molecule has 0 aliphatic rings. The van der Waals surface area contributed by atoms with Crippen LogP contribution in [0.5, 0.6) is 0 Å². The monoisotopic (exact) mass is 217 g/mol. The van der Waals surface area contributed by atoms with Crippen LogP contribution in [-0.4, -0.2) is 6.61 Å². The fraction of sp³-hybridized carbons (Fsp3) is 0.400. The third kappa shape index (κ3) is 2.94. The van der Waals surface area contributed by atoms with Gasteiger partial charge in [0.25, 0.3) is 0 Å². The first-order valence-corrected chi connectivity index (χ1v) is 4.85. The zero-order valence-electron chi connectivity index (χ0n) is 8.18. The summed E-state index contributed by atoms with van der Waals surface area (Å²) in [5.41, 5.74) is 3.62. The summed E-state index contributed by atoms with van der Waals surface area (Å²) < 4.78 is 12.7. The van der Waals surface area contributed by atoms with E-state index < -0.39 is 0 Å². The molecule has 1 atom stereocenters. The van der Waals surface area contributed by atoms with E-state index in [1.807, 2.05) is 13.8 Å². The number of hydrogen-bond acceptors (Lipinski definition) is 2. The van der Waals surface area contributed by atoms with Gasteiger partial charge in [0.1, 0.15) is 5.82 Å². The molecule has 14 heavy (non-hydrogen) atoms. The number of benzene rings is 1. The Balaban J connectivity index is 2.74. The van der Waals surface area contributed by atoms with Gasteiger partial charge in [0, 0.05) is 5.02 Å². The number of nitrogens with one attached hydrogen (secondary N) is 1. The van der Waals surface area contributed by atoms with Crippen molar-refractivity contribution >= 4 is 11.6 Å². The maximum atomic E-state index is 12.7. The summed E-state index contributed by atoms with van der Waals surface area (Å²) in [4.78, 5) is 5.03. The molecule has 1 N–H and O–H groups in total. The highest BCUT2D eigenvalue weighted by Crippen LogP contribution is 2.23. The molecule has 0 spiro atoms. The second kappa shape index (κ2) is 5.29. The van der Waals surface area contributed by atoms with Gasteiger partial charge in [-0.15, -0.1) is 0 Å². The average molecular weight is 218 g/mol. The first-order valence-electron chi connectivity index (χ1n) is 4.47. The maximum Gasteiger partial charge on any atom is 0.124 e. The van der Waals surface area contributed by atoms with Crippen LogP contribution in [0.1, 0.15) is 25.5 Å². The third-order valence-electron chi connectivity index (χ3n) is 1.83. The number of hydrogen-bond donors (Lipinski definition) is 1. The van der Waals surface area contributed by atoms with Gasteiger partial charge in [0.2, 0.25) is 0 Å². The van der Waals surface area contributed by atoms with E-state index in [1.54, 1.807) is 6.07 Å². The van der Waals surface area contributed by atoms with Crippen LogP contribution in [-0.2, 0) is 4.84 Å². The van der Waals surface area contributed by atoms with Crippen LogP contribution in [0.3, 0.4) is 0 Å². The molecule has 1 rings (SSSR count). The molecular weight excluding hydrogens is 205 g/mol. The van der Waals surface area contributed by atoms with Crippen molar-refractivity contribution in [2.24, 2.45) is 0 Å².